The molecule has 0 saturated carbocycles. The van der Waals surface area contributed by atoms with Crippen LogP contribution in [-0.4, -0.2) is 16.2 Å². The fourth-order valence-electron chi connectivity index (χ4n) is 2.82. The number of hydrogen-bond acceptors (Lipinski definition) is 3. The van der Waals surface area contributed by atoms with Gasteiger partial charge < -0.3 is 16.4 Å². The maximum Gasteiger partial charge on any atom is 0.323 e. The lowest BCUT2D eigenvalue weighted by Crippen LogP contribution is -2.20. The summed E-state index contributed by atoms with van der Waals surface area (Å²) in [4.78, 5) is 12.4. The minimum absolute atomic E-state index is 0.0226. The molecule has 0 unspecified atom stereocenters. The number of anilines is 3. The zero-order valence-electron chi connectivity index (χ0n) is 18.8. The molecule has 4 rings (SSSR count). The first-order chi connectivity index (χ1) is 15.2. The van der Waals surface area contributed by atoms with E-state index in [4.69, 9.17) is 11.2 Å². The third kappa shape index (κ3) is 3.37. The Hall–Kier alpha value is -3.87. The zero-order valence-corrected chi connectivity index (χ0v) is 14.8. The van der Waals surface area contributed by atoms with Gasteiger partial charge in [0.15, 0.2) is 5.82 Å². The summed E-state index contributed by atoms with van der Waals surface area (Å²) in [7, 11) is 0. The largest absolute Gasteiger partial charge is 0.382 e. The molecule has 0 spiro atoms. The highest BCUT2D eigenvalue weighted by atomic mass is 19.1. The normalized spacial score (nSPS) is 12.8. The van der Waals surface area contributed by atoms with Crippen LogP contribution >= 0.6 is 0 Å². The first-order valence-corrected chi connectivity index (χ1v) is 8.36. The third-order valence-electron chi connectivity index (χ3n) is 4.12. The lowest BCUT2D eigenvalue weighted by molar-refractivity contribution is 0.262. The average Bonchev–Trinajstić information content (AvgIpc) is 3.14. The summed E-state index contributed by atoms with van der Waals surface area (Å²) in [6.45, 7) is 1.73. The van der Waals surface area contributed by atoms with Crippen molar-refractivity contribution >= 4 is 34.1 Å². The van der Waals surface area contributed by atoms with E-state index in [2.05, 4.69) is 20.8 Å². The first kappa shape index (κ1) is 13.3. The van der Waals surface area contributed by atoms with Gasteiger partial charge in [-0.2, -0.15) is 5.10 Å². The summed E-state index contributed by atoms with van der Waals surface area (Å²) in [5.74, 6) is -0.485. The number of benzene rings is 3. The molecule has 0 bridgehead atoms. The fraction of sp³-hybridized carbons (Fsp3) is 0.0476. The van der Waals surface area contributed by atoms with Gasteiger partial charge in [0.2, 0.25) is 0 Å². The summed E-state index contributed by atoms with van der Waals surface area (Å²) in [5, 5.41) is 11.8. The number of fused-ring (bicyclic) bond motifs is 1. The van der Waals surface area contributed by atoms with Gasteiger partial charge in [-0.25, -0.2) is 9.18 Å². The molecule has 4 aromatic rings. The second-order valence-electron chi connectivity index (χ2n) is 6.15. The molecule has 28 heavy (non-hydrogen) atoms. The van der Waals surface area contributed by atoms with E-state index in [0.29, 0.717) is 16.5 Å². The van der Waals surface area contributed by atoms with Crippen molar-refractivity contribution in [1.29, 1.82) is 0 Å². The standard InChI is InChI=1S/C21H18FN5O/c1-12-5-10-16(22)18(11-12)25-21(28)24-14-8-6-13(7-9-14)15-3-2-4-17-19(15)20(23)27-26-17/h2-11H,1H3,(H3,23,26,27)(H2,24,25,28)/i6D,7D,8D,9D. The van der Waals surface area contributed by atoms with Crippen LogP contribution in [0.1, 0.15) is 11.0 Å². The highest BCUT2D eigenvalue weighted by molar-refractivity contribution is 6.02. The molecular formula is C21H18FN5O. The van der Waals surface area contributed by atoms with Crippen LogP contribution in [-0.2, 0) is 0 Å². The van der Waals surface area contributed by atoms with Gasteiger partial charge in [-0.15, -0.1) is 0 Å². The fourth-order valence-corrected chi connectivity index (χ4v) is 2.82. The monoisotopic (exact) mass is 379 g/mol. The summed E-state index contributed by atoms with van der Waals surface area (Å²) < 4.78 is 47.5. The predicted octanol–water partition coefficient (Wildman–Crippen LogP) is 4.90. The van der Waals surface area contributed by atoms with Gasteiger partial charge in [0.25, 0.3) is 0 Å². The zero-order chi connectivity index (χ0) is 23.2. The molecule has 140 valence electrons. The van der Waals surface area contributed by atoms with Gasteiger partial charge in [-0.1, -0.05) is 30.3 Å². The summed E-state index contributed by atoms with van der Waals surface area (Å²) in [6, 6.07) is 6.67. The first-order valence-electron chi connectivity index (χ1n) is 10.4. The summed E-state index contributed by atoms with van der Waals surface area (Å²) in [5.41, 5.74) is 7.23. The number of nitrogens with one attached hydrogen (secondary N) is 3. The van der Waals surface area contributed by atoms with Gasteiger partial charge in [0, 0.05) is 5.69 Å². The number of H-pyrrole nitrogens is 1. The van der Waals surface area contributed by atoms with E-state index < -0.39 is 23.9 Å². The highest BCUT2D eigenvalue weighted by Gasteiger charge is 2.11. The Bertz CT molecular complexity index is 1360. The lowest BCUT2D eigenvalue weighted by atomic mass is 10.0. The van der Waals surface area contributed by atoms with Crippen LogP contribution < -0.4 is 16.4 Å². The molecule has 0 aliphatic heterocycles. The maximum absolute atomic E-state index is 13.9. The van der Waals surface area contributed by atoms with E-state index in [9.17, 15) is 9.18 Å². The summed E-state index contributed by atoms with van der Waals surface area (Å²) in [6.07, 6.45) is 0. The van der Waals surface area contributed by atoms with E-state index in [1.807, 2.05) is 0 Å². The lowest BCUT2D eigenvalue weighted by Gasteiger charge is -2.10. The number of halogens is 1. The van der Waals surface area contributed by atoms with Crippen molar-refractivity contribution in [3.8, 4) is 11.1 Å². The van der Waals surface area contributed by atoms with Crippen LogP contribution in [0.3, 0.4) is 0 Å². The SMILES string of the molecule is [2H]c1c([2H])c(-c2cccc3[nH]nc(N)c23)c([2H])c([2H])c1NC(=O)Nc1cc(C)ccc1F. The van der Waals surface area contributed by atoms with Crippen molar-refractivity contribution in [2.75, 3.05) is 16.4 Å². The van der Waals surface area contributed by atoms with Crippen LogP contribution in [0.5, 0.6) is 0 Å². The summed E-state index contributed by atoms with van der Waals surface area (Å²) >= 11 is 0. The number of nitrogens with zero attached hydrogens (tertiary/aromatic N) is 1. The number of urea groups is 1. The number of aromatic nitrogens is 2. The van der Waals surface area contributed by atoms with Gasteiger partial charge in [0.1, 0.15) is 5.82 Å². The molecule has 7 heteroatoms. The molecule has 0 saturated heterocycles. The number of aromatic amines is 1. The maximum atomic E-state index is 13.9. The van der Waals surface area contributed by atoms with Crippen LogP contribution in [0.2, 0.25) is 0 Å². The topological polar surface area (TPSA) is 95.8 Å². The van der Waals surface area contributed by atoms with E-state index in [1.165, 1.54) is 12.1 Å². The molecule has 0 atom stereocenters. The number of rotatable bonds is 3. The number of carbonyl (C=O) groups is 1. The van der Waals surface area contributed by atoms with E-state index >= 15 is 0 Å². The molecule has 5 N–H and O–H groups in total. The Morgan fingerprint density at radius 2 is 1.96 bits per heavy atom. The van der Waals surface area contributed by atoms with E-state index in [1.54, 1.807) is 31.2 Å². The average molecular weight is 379 g/mol. The quantitative estimate of drug-likeness (QED) is 0.407. The second-order valence-corrected chi connectivity index (χ2v) is 6.15. The minimum atomic E-state index is -0.899. The molecular weight excluding hydrogens is 357 g/mol. The van der Waals surface area contributed by atoms with Crippen molar-refractivity contribution in [2.24, 2.45) is 0 Å². The molecule has 1 aromatic heterocycles. The minimum Gasteiger partial charge on any atom is -0.382 e. The van der Waals surface area contributed by atoms with Gasteiger partial charge >= 0.3 is 6.03 Å². The number of nitrogen functional groups attached to an aromatic ring is 1. The van der Waals surface area contributed by atoms with E-state index in [0.717, 1.165) is 5.56 Å². The van der Waals surface area contributed by atoms with Crippen LogP contribution in [0, 0.1) is 12.7 Å². The van der Waals surface area contributed by atoms with E-state index in [-0.39, 0.29) is 34.8 Å². The molecule has 0 fully saturated rings. The Labute approximate surface area is 166 Å². The molecule has 0 radical (unpaired) electrons. The molecule has 6 nitrogen and oxygen atoms in total. The third-order valence-corrected chi connectivity index (χ3v) is 4.12. The Morgan fingerprint density at radius 1 is 1.18 bits per heavy atom. The van der Waals surface area contributed by atoms with Crippen molar-refractivity contribution in [3.05, 3.63) is 71.9 Å². The molecule has 3 aromatic carbocycles. The highest BCUT2D eigenvalue weighted by Crippen LogP contribution is 2.31. The van der Waals surface area contributed by atoms with Crippen LogP contribution in [0.4, 0.5) is 26.4 Å². The van der Waals surface area contributed by atoms with Gasteiger partial charge in [0.05, 0.1) is 22.1 Å². The predicted molar refractivity (Wildman–Crippen MR) is 110 cm³/mol. The number of nitrogens with two attached hydrogens (primary N) is 1. The van der Waals surface area contributed by atoms with Gasteiger partial charge in [-0.05, 0) is 53.9 Å². The Morgan fingerprint density at radius 3 is 2.75 bits per heavy atom. The molecule has 2 amide bonds. The molecule has 0 aliphatic rings. The number of carbonyl (C=O) groups excluding carboxylic acids is 1. The van der Waals surface area contributed by atoms with Gasteiger partial charge in [-0.3, -0.25) is 5.10 Å². The van der Waals surface area contributed by atoms with Crippen molar-refractivity contribution < 1.29 is 14.7 Å². The molecule has 1 heterocycles. The smallest absolute Gasteiger partial charge is 0.323 e. The van der Waals surface area contributed by atoms with Crippen molar-refractivity contribution in [2.45, 2.75) is 6.92 Å². The number of amides is 2. The Kier molecular flexibility index (Phi) is 3.35. The van der Waals surface area contributed by atoms with Crippen LogP contribution in [0.25, 0.3) is 22.0 Å². The van der Waals surface area contributed by atoms with Crippen molar-refractivity contribution in [3.63, 3.8) is 0 Å². The number of hydrogen-bond donors (Lipinski definition) is 4. The Balaban J connectivity index is 1.75. The van der Waals surface area contributed by atoms with Crippen molar-refractivity contribution in [1.82, 2.24) is 10.2 Å². The van der Waals surface area contributed by atoms with Crippen LogP contribution in [0.15, 0.2) is 60.6 Å². The molecule has 0 aliphatic carbocycles. The number of aryl methyl sites for hydroxylation is 1. The second kappa shape index (κ2) is 7.03.